The van der Waals surface area contributed by atoms with Gasteiger partial charge in [0.05, 0.1) is 5.02 Å². The van der Waals surface area contributed by atoms with Gasteiger partial charge in [-0.25, -0.2) is 4.98 Å². The van der Waals surface area contributed by atoms with E-state index in [-0.39, 0.29) is 17.4 Å². The molecule has 1 heterocycles. The van der Waals surface area contributed by atoms with E-state index in [1.165, 1.54) is 0 Å². The van der Waals surface area contributed by atoms with Gasteiger partial charge in [0.15, 0.2) is 0 Å². The summed E-state index contributed by atoms with van der Waals surface area (Å²) in [5.74, 6) is 0.799. The molecule has 0 saturated heterocycles. The minimum Gasteiger partial charge on any atom is -0.506 e. The Labute approximate surface area is 121 Å². The van der Waals surface area contributed by atoms with E-state index in [2.05, 4.69) is 4.98 Å². The molecule has 0 spiro atoms. The molecular formula is C13H14Cl2N2O2. The van der Waals surface area contributed by atoms with Gasteiger partial charge in [-0.3, -0.25) is 0 Å². The topological polar surface area (TPSA) is 58.3 Å². The average molecular weight is 301 g/mol. The average Bonchev–Trinajstić information content (AvgIpc) is 2.84. The van der Waals surface area contributed by atoms with Crippen LogP contribution in [0.5, 0.6) is 5.75 Å². The van der Waals surface area contributed by atoms with Gasteiger partial charge in [0.2, 0.25) is 0 Å². The zero-order chi connectivity index (χ0) is 13.8. The molecule has 2 N–H and O–H groups in total. The Morgan fingerprint density at radius 3 is 2.79 bits per heavy atom. The van der Waals surface area contributed by atoms with Crippen LogP contribution in [0.1, 0.15) is 17.8 Å². The lowest BCUT2D eigenvalue weighted by Gasteiger charge is -2.09. The van der Waals surface area contributed by atoms with Gasteiger partial charge in [0.1, 0.15) is 16.6 Å². The molecule has 0 amide bonds. The molecule has 102 valence electrons. The Kier molecular flexibility index (Phi) is 4.69. The zero-order valence-electron chi connectivity index (χ0n) is 10.2. The summed E-state index contributed by atoms with van der Waals surface area (Å²) in [7, 11) is 0. The number of hydrogen-bond acceptors (Lipinski definition) is 3. The summed E-state index contributed by atoms with van der Waals surface area (Å²) in [5.41, 5.74) is 0.672. The quantitative estimate of drug-likeness (QED) is 0.893. The number of rotatable bonds is 5. The molecule has 2 aromatic rings. The summed E-state index contributed by atoms with van der Waals surface area (Å²) < 4.78 is 1.94. The Hall–Kier alpha value is -1.23. The first-order valence-corrected chi connectivity index (χ1v) is 6.65. The first kappa shape index (κ1) is 14.2. The highest BCUT2D eigenvalue weighted by Crippen LogP contribution is 2.34. The standard InChI is InChI=1S/C13H14Cl2N2O2/c14-10-3-2-9(13(19)12(10)15)8-11-16-4-6-17(11)5-1-7-18/h2-4,6,18-19H,1,5,7-8H2. The van der Waals surface area contributed by atoms with Crippen LogP contribution in [-0.4, -0.2) is 26.4 Å². The maximum atomic E-state index is 9.95. The molecule has 0 aliphatic carbocycles. The van der Waals surface area contributed by atoms with E-state index in [1.54, 1.807) is 18.3 Å². The number of imidazole rings is 1. The number of nitrogens with zero attached hydrogens (tertiary/aromatic N) is 2. The molecule has 6 heteroatoms. The smallest absolute Gasteiger partial charge is 0.139 e. The maximum absolute atomic E-state index is 9.95. The summed E-state index contributed by atoms with van der Waals surface area (Å²) in [6.07, 6.45) is 4.67. The van der Waals surface area contributed by atoms with Crippen LogP contribution >= 0.6 is 23.2 Å². The van der Waals surface area contributed by atoms with Gasteiger partial charge in [-0.05, 0) is 12.5 Å². The van der Waals surface area contributed by atoms with Crippen molar-refractivity contribution in [2.24, 2.45) is 0 Å². The zero-order valence-corrected chi connectivity index (χ0v) is 11.7. The number of halogens is 2. The number of aliphatic hydroxyl groups excluding tert-OH is 1. The summed E-state index contributed by atoms with van der Waals surface area (Å²) in [4.78, 5) is 4.25. The van der Waals surface area contributed by atoms with Crippen molar-refractivity contribution in [2.45, 2.75) is 19.4 Å². The first-order chi connectivity index (χ1) is 9.13. The van der Waals surface area contributed by atoms with Gasteiger partial charge in [0, 0.05) is 37.5 Å². The third-order valence-electron chi connectivity index (χ3n) is 2.86. The minimum absolute atomic E-state index is 0.00845. The fraction of sp³-hybridized carbons (Fsp3) is 0.308. The van der Waals surface area contributed by atoms with Crippen molar-refractivity contribution in [1.29, 1.82) is 0 Å². The van der Waals surface area contributed by atoms with E-state index in [1.807, 2.05) is 10.8 Å². The fourth-order valence-electron chi connectivity index (χ4n) is 1.84. The molecule has 1 aromatic carbocycles. The number of phenols is 1. The number of aryl methyl sites for hydroxylation is 1. The van der Waals surface area contributed by atoms with E-state index >= 15 is 0 Å². The van der Waals surface area contributed by atoms with Gasteiger partial charge in [-0.2, -0.15) is 0 Å². The molecular weight excluding hydrogens is 287 g/mol. The van der Waals surface area contributed by atoms with Gasteiger partial charge in [-0.15, -0.1) is 0 Å². The third-order valence-corrected chi connectivity index (χ3v) is 3.65. The second-order valence-electron chi connectivity index (χ2n) is 4.16. The van der Waals surface area contributed by atoms with Crippen molar-refractivity contribution in [1.82, 2.24) is 9.55 Å². The van der Waals surface area contributed by atoms with Crippen LogP contribution in [-0.2, 0) is 13.0 Å². The molecule has 0 atom stereocenters. The number of phenolic OH excluding ortho intramolecular Hbond substituents is 1. The van der Waals surface area contributed by atoms with Crippen molar-refractivity contribution < 1.29 is 10.2 Å². The van der Waals surface area contributed by atoms with Crippen LogP contribution in [0, 0.1) is 0 Å². The highest BCUT2D eigenvalue weighted by atomic mass is 35.5. The van der Waals surface area contributed by atoms with Crippen molar-refractivity contribution in [3.8, 4) is 5.75 Å². The molecule has 0 saturated carbocycles. The number of aromatic hydroxyl groups is 1. The van der Waals surface area contributed by atoms with Gasteiger partial charge in [0.25, 0.3) is 0 Å². The molecule has 0 unspecified atom stereocenters. The number of aromatic nitrogens is 2. The van der Waals surface area contributed by atoms with E-state index in [9.17, 15) is 5.11 Å². The highest BCUT2D eigenvalue weighted by molar-refractivity contribution is 6.43. The SMILES string of the molecule is OCCCn1ccnc1Cc1ccc(Cl)c(Cl)c1O. The normalized spacial score (nSPS) is 10.9. The Balaban J connectivity index is 2.22. The molecule has 0 radical (unpaired) electrons. The maximum Gasteiger partial charge on any atom is 0.139 e. The van der Waals surface area contributed by atoms with Crippen LogP contribution < -0.4 is 0 Å². The number of benzene rings is 1. The third kappa shape index (κ3) is 3.21. The Morgan fingerprint density at radius 2 is 2.05 bits per heavy atom. The van der Waals surface area contributed by atoms with Crippen LogP contribution in [0.3, 0.4) is 0 Å². The predicted octanol–water partition coefficient (Wildman–Crippen LogP) is 2.87. The van der Waals surface area contributed by atoms with Crippen LogP contribution in [0.15, 0.2) is 24.5 Å². The lowest BCUT2D eigenvalue weighted by atomic mass is 10.1. The summed E-state index contributed by atoms with van der Waals surface area (Å²) in [6, 6.07) is 3.38. The van der Waals surface area contributed by atoms with E-state index < -0.39 is 0 Å². The van der Waals surface area contributed by atoms with Crippen LogP contribution in [0.25, 0.3) is 0 Å². The largest absolute Gasteiger partial charge is 0.506 e. The summed E-state index contributed by atoms with van der Waals surface area (Å²) in [6.45, 7) is 0.823. The summed E-state index contributed by atoms with van der Waals surface area (Å²) >= 11 is 11.7. The summed E-state index contributed by atoms with van der Waals surface area (Å²) in [5, 5.41) is 19.3. The number of hydrogen-bond donors (Lipinski definition) is 2. The predicted molar refractivity (Wildman–Crippen MR) is 74.9 cm³/mol. The minimum atomic E-state index is -0.00845. The van der Waals surface area contributed by atoms with E-state index in [0.29, 0.717) is 30.0 Å². The molecule has 2 rings (SSSR count). The fourth-order valence-corrected chi connectivity index (χ4v) is 2.18. The van der Waals surface area contributed by atoms with Gasteiger partial charge >= 0.3 is 0 Å². The molecule has 0 aliphatic rings. The van der Waals surface area contributed by atoms with Crippen molar-refractivity contribution in [2.75, 3.05) is 6.61 Å². The van der Waals surface area contributed by atoms with E-state index in [4.69, 9.17) is 28.3 Å². The molecule has 0 aliphatic heterocycles. The van der Waals surface area contributed by atoms with Crippen LogP contribution in [0.4, 0.5) is 0 Å². The molecule has 0 bridgehead atoms. The molecule has 0 fully saturated rings. The van der Waals surface area contributed by atoms with Crippen molar-refractivity contribution in [3.05, 3.63) is 46.0 Å². The second-order valence-corrected chi connectivity index (χ2v) is 4.95. The monoisotopic (exact) mass is 300 g/mol. The van der Waals surface area contributed by atoms with E-state index in [0.717, 1.165) is 5.82 Å². The van der Waals surface area contributed by atoms with Crippen LogP contribution in [0.2, 0.25) is 10.0 Å². The first-order valence-electron chi connectivity index (χ1n) is 5.90. The number of aliphatic hydroxyl groups is 1. The second kappa shape index (κ2) is 6.28. The molecule has 19 heavy (non-hydrogen) atoms. The highest BCUT2D eigenvalue weighted by Gasteiger charge is 2.12. The van der Waals surface area contributed by atoms with Gasteiger partial charge < -0.3 is 14.8 Å². The van der Waals surface area contributed by atoms with Crippen molar-refractivity contribution in [3.63, 3.8) is 0 Å². The molecule has 4 nitrogen and oxygen atoms in total. The molecule has 1 aromatic heterocycles. The van der Waals surface area contributed by atoms with Gasteiger partial charge in [-0.1, -0.05) is 29.3 Å². The lowest BCUT2D eigenvalue weighted by molar-refractivity contribution is 0.279. The Morgan fingerprint density at radius 1 is 1.26 bits per heavy atom. The Bertz CT molecular complexity index is 570. The van der Waals surface area contributed by atoms with Crippen molar-refractivity contribution >= 4 is 23.2 Å². The lowest BCUT2D eigenvalue weighted by Crippen LogP contribution is -2.05.